The molecule has 2 unspecified atom stereocenters. The Morgan fingerprint density at radius 3 is 2.62 bits per heavy atom. The molecule has 2 atom stereocenters. The van der Waals surface area contributed by atoms with E-state index in [0.717, 1.165) is 0 Å². The molecule has 1 saturated carbocycles. The summed E-state index contributed by atoms with van der Waals surface area (Å²) in [5.41, 5.74) is 0.0599. The van der Waals surface area contributed by atoms with Crippen molar-refractivity contribution in [3.8, 4) is 0 Å². The molecule has 1 N–H and O–H groups in total. The van der Waals surface area contributed by atoms with Gasteiger partial charge in [-0.25, -0.2) is 8.42 Å². The molecule has 146 valence electrons. The number of rotatable bonds is 5. The Kier molecular flexibility index (Phi) is 6.30. The maximum atomic E-state index is 12.9. The van der Waals surface area contributed by atoms with Crippen LogP contribution in [0.1, 0.15) is 36.0 Å². The Labute approximate surface area is 150 Å². The van der Waals surface area contributed by atoms with Gasteiger partial charge in [0.2, 0.25) is 0 Å². The molecule has 0 aliphatic heterocycles. The molecule has 0 heterocycles. The molecule has 10 heteroatoms. The first-order valence-electron chi connectivity index (χ1n) is 8.06. The average Bonchev–Trinajstić information content (AvgIpc) is 2.60. The summed E-state index contributed by atoms with van der Waals surface area (Å²) in [5.74, 6) is -2.03. The molecule has 1 aromatic carbocycles. The summed E-state index contributed by atoms with van der Waals surface area (Å²) >= 11 is 0. The van der Waals surface area contributed by atoms with E-state index in [4.69, 9.17) is 0 Å². The van der Waals surface area contributed by atoms with Gasteiger partial charge < -0.3 is 5.32 Å². The number of hydroxylamine groups is 1. The van der Waals surface area contributed by atoms with E-state index in [0.29, 0.717) is 17.3 Å². The van der Waals surface area contributed by atoms with Crippen LogP contribution in [0.2, 0.25) is 0 Å². The van der Waals surface area contributed by atoms with Gasteiger partial charge in [0.05, 0.1) is 17.9 Å². The van der Waals surface area contributed by atoms with E-state index in [1.807, 2.05) is 0 Å². The molecule has 6 nitrogen and oxygen atoms in total. The fourth-order valence-electron chi connectivity index (χ4n) is 2.93. The van der Waals surface area contributed by atoms with Crippen molar-refractivity contribution in [3.63, 3.8) is 0 Å². The quantitative estimate of drug-likeness (QED) is 0.780. The van der Waals surface area contributed by atoms with Gasteiger partial charge in [-0.1, -0.05) is 17.0 Å². The molecule has 2 rings (SSSR count). The van der Waals surface area contributed by atoms with Crippen LogP contribution >= 0.6 is 0 Å². The maximum absolute atomic E-state index is 12.9. The topological polar surface area (TPSA) is 75.7 Å². The second-order valence-corrected chi connectivity index (χ2v) is 8.14. The van der Waals surface area contributed by atoms with Gasteiger partial charge in [-0.05, 0) is 37.5 Å². The first-order valence-corrected chi connectivity index (χ1v) is 9.50. The van der Waals surface area contributed by atoms with Crippen LogP contribution in [0.25, 0.3) is 0 Å². The smallest absolute Gasteiger partial charge is 0.349 e. The van der Waals surface area contributed by atoms with Crippen LogP contribution in [0, 0.1) is 5.92 Å². The number of hydrogen-bond donors (Lipinski definition) is 1. The van der Waals surface area contributed by atoms with Gasteiger partial charge in [-0.3, -0.25) is 9.63 Å². The number of carbonyl (C=O) groups is 1. The third-order valence-corrected chi connectivity index (χ3v) is 6.14. The minimum absolute atomic E-state index is 0.0599. The van der Waals surface area contributed by atoms with Gasteiger partial charge in [0.1, 0.15) is 0 Å². The highest BCUT2D eigenvalue weighted by Crippen LogP contribution is 2.37. The Bertz CT molecular complexity index is 752. The molecular formula is C16H21F3N2O4S. The van der Waals surface area contributed by atoms with Crippen molar-refractivity contribution in [2.75, 3.05) is 14.2 Å². The molecule has 0 radical (unpaired) electrons. The fraction of sp³-hybridized carbons (Fsp3) is 0.562. The van der Waals surface area contributed by atoms with Crippen LogP contribution in [-0.4, -0.2) is 45.2 Å². The van der Waals surface area contributed by atoms with Crippen molar-refractivity contribution in [2.24, 2.45) is 5.92 Å². The van der Waals surface area contributed by atoms with Crippen molar-refractivity contribution < 1.29 is 31.2 Å². The van der Waals surface area contributed by atoms with E-state index in [1.54, 1.807) is 0 Å². The number of benzene rings is 1. The molecule has 0 spiro atoms. The number of alkyl halides is 3. The number of halogens is 3. The zero-order chi connectivity index (χ0) is 19.5. The van der Waals surface area contributed by atoms with Crippen LogP contribution in [-0.2, 0) is 14.9 Å². The summed E-state index contributed by atoms with van der Waals surface area (Å²) in [4.78, 5) is 16.9. The predicted octanol–water partition coefficient (Wildman–Crippen LogP) is 2.72. The molecule has 1 aliphatic carbocycles. The highest BCUT2D eigenvalue weighted by atomic mass is 32.2. The standard InChI is InChI=1S/C16H21F3N2O4S/c1-21(25-2)26(23,24)14-8-3-5-11(9-14)15(22)20-13-7-4-6-12(10-13)16(17,18)19/h3,5,8-9,12-13H,4,6-7,10H2,1-2H3,(H,20,22). The summed E-state index contributed by atoms with van der Waals surface area (Å²) in [6.07, 6.45) is -3.54. The second-order valence-electron chi connectivity index (χ2n) is 6.20. The summed E-state index contributed by atoms with van der Waals surface area (Å²) in [7, 11) is -1.53. The third-order valence-electron chi connectivity index (χ3n) is 4.46. The number of hydrogen-bond acceptors (Lipinski definition) is 4. The van der Waals surface area contributed by atoms with Crippen molar-refractivity contribution in [1.82, 2.24) is 9.79 Å². The predicted molar refractivity (Wildman–Crippen MR) is 87.7 cm³/mol. The lowest BCUT2D eigenvalue weighted by atomic mass is 9.85. The zero-order valence-corrected chi connectivity index (χ0v) is 15.2. The largest absolute Gasteiger partial charge is 0.391 e. The molecule has 0 bridgehead atoms. The molecule has 1 aromatic rings. The van der Waals surface area contributed by atoms with E-state index < -0.39 is 34.1 Å². The van der Waals surface area contributed by atoms with E-state index in [1.165, 1.54) is 38.4 Å². The highest BCUT2D eigenvalue weighted by Gasteiger charge is 2.42. The third kappa shape index (κ3) is 4.74. The van der Waals surface area contributed by atoms with Crippen LogP contribution in [0.5, 0.6) is 0 Å². The van der Waals surface area contributed by atoms with Gasteiger partial charge in [0.15, 0.2) is 0 Å². The number of nitrogens with zero attached hydrogens (tertiary/aromatic N) is 1. The lowest BCUT2D eigenvalue weighted by Crippen LogP contribution is -2.41. The van der Waals surface area contributed by atoms with E-state index in [2.05, 4.69) is 10.2 Å². The lowest BCUT2D eigenvalue weighted by molar-refractivity contribution is -0.183. The van der Waals surface area contributed by atoms with Gasteiger partial charge in [-0.15, -0.1) is 0 Å². The summed E-state index contributed by atoms with van der Waals surface area (Å²) < 4.78 is 63.7. The molecule has 1 aliphatic rings. The van der Waals surface area contributed by atoms with Gasteiger partial charge in [-0.2, -0.15) is 13.2 Å². The average molecular weight is 394 g/mol. The molecule has 1 fully saturated rings. The van der Waals surface area contributed by atoms with E-state index >= 15 is 0 Å². The lowest BCUT2D eigenvalue weighted by Gasteiger charge is -2.31. The van der Waals surface area contributed by atoms with Crippen molar-refractivity contribution in [3.05, 3.63) is 29.8 Å². The zero-order valence-electron chi connectivity index (χ0n) is 14.4. The highest BCUT2D eigenvalue weighted by molar-refractivity contribution is 7.89. The Morgan fingerprint density at radius 1 is 1.31 bits per heavy atom. The minimum Gasteiger partial charge on any atom is -0.349 e. The Balaban J connectivity index is 2.12. The molecule has 0 aromatic heterocycles. The van der Waals surface area contributed by atoms with Crippen molar-refractivity contribution in [2.45, 2.75) is 42.8 Å². The molecule has 26 heavy (non-hydrogen) atoms. The first-order chi connectivity index (χ1) is 12.1. The van der Waals surface area contributed by atoms with Crippen molar-refractivity contribution >= 4 is 15.9 Å². The maximum Gasteiger partial charge on any atom is 0.391 e. The van der Waals surface area contributed by atoms with E-state index in [-0.39, 0.29) is 23.3 Å². The normalized spacial score (nSPS) is 21.6. The SMILES string of the molecule is CON(C)S(=O)(=O)c1cccc(C(=O)NC2CCCC(C(F)(F)F)C2)c1. The van der Waals surface area contributed by atoms with Gasteiger partial charge >= 0.3 is 6.18 Å². The van der Waals surface area contributed by atoms with Gasteiger partial charge in [0, 0.05) is 18.7 Å². The van der Waals surface area contributed by atoms with Crippen molar-refractivity contribution in [1.29, 1.82) is 0 Å². The summed E-state index contributed by atoms with van der Waals surface area (Å²) in [6, 6.07) is 4.69. The summed E-state index contributed by atoms with van der Waals surface area (Å²) in [5, 5.41) is 2.58. The fourth-order valence-corrected chi connectivity index (χ4v) is 3.95. The Hall–Kier alpha value is -1.65. The first kappa shape index (κ1) is 20.7. The number of nitrogens with one attached hydrogen (secondary N) is 1. The number of amides is 1. The van der Waals surface area contributed by atoms with E-state index in [9.17, 15) is 26.4 Å². The molecule has 0 saturated heterocycles. The van der Waals surface area contributed by atoms with Crippen LogP contribution in [0.3, 0.4) is 0 Å². The Morgan fingerprint density at radius 2 is 2.00 bits per heavy atom. The monoisotopic (exact) mass is 394 g/mol. The van der Waals surface area contributed by atoms with Crippen LogP contribution < -0.4 is 5.32 Å². The minimum atomic E-state index is -4.28. The summed E-state index contributed by atoms with van der Waals surface area (Å²) in [6.45, 7) is 0. The molecule has 1 amide bonds. The number of sulfonamides is 1. The molecular weight excluding hydrogens is 373 g/mol. The van der Waals surface area contributed by atoms with Gasteiger partial charge in [0.25, 0.3) is 15.9 Å². The second kappa shape index (κ2) is 7.93. The van der Waals surface area contributed by atoms with Crippen LogP contribution in [0.4, 0.5) is 13.2 Å². The van der Waals surface area contributed by atoms with Crippen LogP contribution in [0.15, 0.2) is 29.2 Å². The number of carbonyl (C=O) groups excluding carboxylic acids is 1.